The molecule has 3 aromatic carbocycles. The van der Waals surface area contributed by atoms with Crippen molar-refractivity contribution in [2.75, 3.05) is 6.61 Å². The highest BCUT2D eigenvalue weighted by atomic mass is 32.1. The van der Waals surface area contributed by atoms with Crippen LogP contribution in [0.4, 0.5) is 13.2 Å². The predicted molar refractivity (Wildman–Crippen MR) is 138 cm³/mol. The number of hydrogen-bond acceptors (Lipinski definition) is 7. The Kier molecular flexibility index (Phi) is 8.27. The molecule has 0 saturated carbocycles. The van der Waals surface area contributed by atoms with Crippen LogP contribution in [0, 0.1) is 0 Å². The molecule has 1 aromatic heterocycles. The minimum Gasteiger partial charge on any atom is -0.493 e. The Bertz CT molecular complexity index is 1490. The van der Waals surface area contributed by atoms with Crippen LogP contribution >= 0.6 is 11.3 Å². The molecule has 5 rings (SSSR count). The summed E-state index contributed by atoms with van der Waals surface area (Å²) in [7, 11) is 0. The number of aliphatic carboxylic acids is 1. The first-order valence-corrected chi connectivity index (χ1v) is 12.4. The van der Waals surface area contributed by atoms with Crippen LogP contribution in [-0.4, -0.2) is 40.5 Å². The van der Waals surface area contributed by atoms with Crippen molar-refractivity contribution < 1.29 is 37.4 Å². The second-order valence-electron chi connectivity index (χ2n) is 8.43. The van der Waals surface area contributed by atoms with Gasteiger partial charge in [-0.25, -0.2) is 9.78 Å². The zero-order valence-electron chi connectivity index (χ0n) is 20.2. The molecule has 0 aliphatic carbocycles. The number of aromatic nitrogens is 1. The minimum atomic E-state index is -5.08. The number of thiazole rings is 1. The maximum absolute atomic E-state index is 13.5. The number of amides is 1. The first-order chi connectivity index (χ1) is 18.6. The molecular weight excluding hydrogens is 535 g/mol. The molecule has 1 aliphatic heterocycles. The summed E-state index contributed by atoms with van der Waals surface area (Å²) in [6, 6.07) is 19.5. The molecule has 0 spiro atoms. The van der Waals surface area contributed by atoms with Gasteiger partial charge in [0.1, 0.15) is 11.8 Å². The Hall–Kier alpha value is -4.29. The van der Waals surface area contributed by atoms with Gasteiger partial charge in [0.2, 0.25) is 5.78 Å². The highest BCUT2D eigenvalue weighted by molar-refractivity contribution is 7.20. The number of ketones is 1. The third-order valence-electron chi connectivity index (χ3n) is 5.79. The van der Waals surface area contributed by atoms with Crippen LogP contribution in [0.1, 0.15) is 42.9 Å². The number of para-hydroxylation sites is 1. The Morgan fingerprint density at radius 3 is 2.41 bits per heavy atom. The van der Waals surface area contributed by atoms with E-state index in [-0.39, 0.29) is 11.7 Å². The summed E-state index contributed by atoms with van der Waals surface area (Å²) in [5.74, 6) is -2.51. The topological polar surface area (TPSA) is 132 Å². The summed E-state index contributed by atoms with van der Waals surface area (Å²) in [6.45, 7) is 1.02. The van der Waals surface area contributed by atoms with Crippen LogP contribution in [0.25, 0.3) is 10.2 Å². The highest BCUT2D eigenvalue weighted by Crippen LogP contribution is 2.29. The molecule has 1 amide bonds. The lowest BCUT2D eigenvalue weighted by molar-refractivity contribution is -0.192. The van der Waals surface area contributed by atoms with Crippen molar-refractivity contribution in [3.05, 3.63) is 94.0 Å². The summed E-state index contributed by atoms with van der Waals surface area (Å²) in [4.78, 5) is 40.0. The Morgan fingerprint density at radius 1 is 1.08 bits per heavy atom. The average molecular weight is 558 g/mol. The van der Waals surface area contributed by atoms with Crippen molar-refractivity contribution in [3.8, 4) is 5.75 Å². The van der Waals surface area contributed by atoms with Gasteiger partial charge in [-0.15, -0.1) is 11.3 Å². The van der Waals surface area contributed by atoms with Crippen LogP contribution in [0.3, 0.4) is 0 Å². The number of ether oxygens (including phenoxy) is 1. The van der Waals surface area contributed by atoms with E-state index in [1.807, 2.05) is 54.6 Å². The van der Waals surface area contributed by atoms with Crippen molar-refractivity contribution in [3.63, 3.8) is 0 Å². The molecular formula is C27H22F3N3O5S. The smallest absolute Gasteiger partial charge is 0.490 e. The van der Waals surface area contributed by atoms with Crippen molar-refractivity contribution in [2.24, 2.45) is 5.73 Å². The zero-order valence-corrected chi connectivity index (χ0v) is 21.0. The SMILES string of the molecule is NCc1ccc(C(NC(=O)c2ccc3c(c2)CCO3)C(=O)c2nc3ccccc3s2)cc1.O=C(O)C(F)(F)F. The maximum atomic E-state index is 13.5. The van der Waals surface area contributed by atoms with Gasteiger partial charge in [-0.2, -0.15) is 13.2 Å². The van der Waals surface area contributed by atoms with E-state index < -0.39 is 18.2 Å². The number of carboxylic acids is 1. The second-order valence-corrected chi connectivity index (χ2v) is 9.46. The van der Waals surface area contributed by atoms with Crippen LogP contribution < -0.4 is 15.8 Å². The van der Waals surface area contributed by atoms with Gasteiger partial charge in [0, 0.05) is 18.5 Å². The summed E-state index contributed by atoms with van der Waals surface area (Å²) < 4.78 is 38.2. The standard InChI is InChI=1S/C25H21N3O3S.C2HF3O2/c26-14-15-5-7-16(8-6-15)22(23(29)25-27-19-3-1-2-4-21(19)32-25)28-24(30)18-9-10-20-17(13-18)11-12-31-20;3-2(4,5)1(6)7/h1-10,13,22H,11-12,14,26H2,(H,28,30);(H,6,7). The summed E-state index contributed by atoms with van der Waals surface area (Å²) >= 11 is 1.33. The fourth-order valence-electron chi connectivity index (χ4n) is 3.79. The number of carbonyl (C=O) groups excluding carboxylic acids is 2. The van der Waals surface area contributed by atoms with Crippen molar-refractivity contribution in [1.29, 1.82) is 0 Å². The highest BCUT2D eigenvalue weighted by Gasteiger charge is 2.38. The van der Waals surface area contributed by atoms with Crippen molar-refractivity contribution in [1.82, 2.24) is 10.3 Å². The van der Waals surface area contributed by atoms with Gasteiger partial charge < -0.3 is 20.9 Å². The Balaban J connectivity index is 0.000000448. The fourth-order valence-corrected chi connectivity index (χ4v) is 4.73. The number of carbonyl (C=O) groups is 3. The maximum Gasteiger partial charge on any atom is 0.490 e. The molecule has 1 unspecified atom stereocenters. The summed E-state index contributed by atoms with van der Waals surface area (Å²) in [5, 5.41) is 10.4. The normalized spacial score (nSPS) is 13.0. The molecule has 1 aliphatic rings. The number of fused-ring (bicyclic) bond motifs is 2. The van der Waals surface area contributed by atoms with E-state index in [0.29, 0.717) is 29.3 Å². The van der Waals surface area contributed by atoms with Crippen LogP contribution in [0.15, 0.2) is 66.7 Å². The molecule has 12 heteroatoms. The number of hydrogen-bond donors (Lipinski definition) is 3. The fraction of sp³-hybridized carbons (Fsp3) is 0.185. The molecule has 0 bridgehead atoms. The van der Waals surface area contributed by atoms with Gasteiger partial charge in [-0.1, -0.05) is 36.4 Å². The molecule has 1 atom stereocenters. The Morgan fingerprint density at radius 2 is 1.77 bits per heavy atom. The van der Waals surface area contributed by atoms with E-state index in [1.54, 1.807) is 12.1 Å². The van der Waals surface area contributed by atoms with Gasteiger partial charge >= 0.3 is 12.1 Å². The Labute approximate surface area is 224 Å². The van der Waals surface area contributed by atoms with E-state index in [4.69, 9.17) is 20.4 Å². The van der Waals surface area contributed by atoms with E-state index in [1.165, 1.54) is 11.3 Å². The van der Waals surface area contributed by atoms with Gasteiger partial charge in [0.15, 0.2) is 5.01 Å². The zero-order chi connectivity index (χ0) is 28.2. The number of nitrogens with one attached hydrogen (secondary N) is 1. The lowest BCUT2D eigenvalue weighted by Crippen LogP contribution is -2.34. The third-order valence-corrected chi connectivity index (χ3v) is 6.84. The number of rotatable bonds is 6. The molecule has 0 radical (unpaired) electrons. The van der Waals surface area contributed by atoms with E-state index in [2.05, 4.69) is 10.3 Å². The lowest BCUT2D eigenvalue weighted by atomic mass is 10.00. The van der Waals surface area contributed by atoms with E-state index in [0.717, 1.165) is 33.5 Å². The number of nitrogens with zero attached hydrogens (tertiary/aromatic N) is 1. The molecule has 202 valence electrons. The largest absolute Gasteiger partial charge is 0.493 e. The summed E-state index contributed by atoms with van der Waals surface area (Å²) in [5.41, 5.74) is 9.61. The minimum absolute atomic E-state index is 0.246. The van der Waals surface area contributed by atoms with E-state index in [9.17, 15) is 22.8 Å². The number of carboxylic acid groups (broad SMARTS) is 1. The van der Waals surface area contributed by atoms with Crippen molar-refractivity contribution in [2.45, 2.75) is 25.2 Å². The molecule has 39 heavy (non-hydrogen) atoms. The molecule has 2 heterocycles. The average Bonchev–Trinajstić information content (AvgIpc) is 3.58. The van der Waals surface area contributed by atoms with Gasteiger partial charge in [-0.3, -0.25) is 9.59 Å². The first-order valence-electron chi connectivity index (χ1n) is 11.6. The second kappa shape index (κ2) is 11.6. The predicted octanol–water partition coefficient (Wildman–Crippen LogP) is 4.68. The number of nitrogens with two attached hydrogens (primary N) is 1. The lowest BCUT2D eigenvalue weighted by Gasteiger charge is -2.18. The van der Waals surface area contributed by atoms with Gasteiger partial charge in [-0.05, 0) is 47.0 Å². The van der Waals surface area contributed by atoms with Gasteiger partial charge in [0.05, 0.1) is 16.8 Å². The summed E-state index contributed by atoms with van der Waals surface area (Å²) in [6.07, 6.45) is -4.31. The molecule has 4 aromatic rings. The van der Waals surface area contributed by atoms with Crippen molar-refractivity contribution >= 4 is 39.2 Å². The molecule has 0 saturated heterocycles. The molecule has 0 fully saturated rings. The molecule has 4 N–H and O–H groups in total. The number of alkyl halides is 3. The first kappa shape index (κ1) is 27.7. The van der Waals surface area contributed by atoms with Crippen LogP contribution in [0.2, 0.25) is 0 Å². The number of benzene rings is 3. The van der Waals surface area contributed by atoms with E-state index >= 15 is 0 Å². The van der Waals surface area contributed by atoms with Gasteiger partial charge in [0.25, 0.3) is 5.91 Å². The number of Topliss-reactive ketones (excluding diaryl/α,β-unsaturated/α-hetero) is 1. The van der Waals surface area contributed by atoms with Crippen LogP contribution in [0.5, 0.6) is 5.75 Å². The quantitative estimate of drug-likeness (QED) is 0.294. The van der Waals surface area contributed by atoms with Crippen LogP contribution in [-0.2, 0) is 17.8 Å². The third kappa shape index (κ3) is 6.59. The number of halogens is 3. The molecule has 8 nitrogen and oxygen atoms in total. The monoisotopic (exact) mass is 557 g/mol.